The van der Waals surface area contributed by atoms with Gasteiger partial charge in [-0.25, -0.2) is 13.2 Å². The summed E-state index contributed by atoms with van der Waals surface area (Å²) in [6, 6.07) is 12.7. The first kappa shape index (κ1) is 26.1. The van der Waals surface area contributed by atoms with E-state index in [2.05, 4.69) is 6.92 Å². The third-order valence-electron chi connectivity index (χ3n) is 6.37. The number of sulfone groups is 1. The van der Waals surface area contributed by atoms with Crippen molar-refractivity contribution in [3.63, 3.8) is 0 Å². The minimum absolute atomic E-state index is 0.0808. The fourth-order valence-electron chi connectivity index (χ4n) is 4.16. The number of aliphatic carboxylic acids is 1. The topological polar surface area (TPSA) is 83.9 Å². The van der Waals surface area contributed by atoms with Gasteiger partial charge >= 0.3 is 5.97 Å². The Labute approximate surface area is 204 Å². The van der Waals surface area contributed by atoms with Crippen molar-refractivity contribution in [3.8, 4) is 5.75 Å². The Balaban J connectivity index is 2.27. The lowest BCUT2D eigenvalue weighted by molar-refractivity contribution is -0.134. The van der Waals surface area contributed by atoms with Gasteiger partial charge in [0.05, 0.1) is 20.2 Å². The SMILES string of the molecule is CCCCC1CN(c2ccccc2)c2cc(SC)c(O/C=C(\F)C(=O)O)cc2S(=O)(=O)C1(C)C. The molecule has 1 aliphatic rings. The lowest BCUT2D eigenvalue weighted by Crippen LogP contribution is -2.42. The molecule has 0 aliphatic carbocycles. The highest BCUT2D eigenvalue weighted by atomic mass is 32.2. The number of halogens is 1. The van der Waals surface area contributed by atoms with Crippen molar-refractivity contribution in [3.05, 3.63) is 54.6 Å². The van der Waals surface area contributed by atoms with Gasteiger partial charge in [0.25, 0.3) is 0 Å². The lowest BCUT2D eigenvalue weighted by Gasteiger charge is -2.34. The number of hydrogen-bond donors (Lipinski definition) is 1. The van der Waals surface area contributed by atoms with Gasteiger partial charge in [0.15, 0.2) is 9.84 Å². The summed E-state index contributed by atoms with van der Waals surface area (Å²) in [6.45, 7) is 6.12. The Morgan fingerprint density at radius 1 is 1.29 bits per heavy atom. The van der Waals surface area contributed by atoms with Crippen LogP contribution in [0.2, 0.25) is 0 Å². The maximum Gasteiger partial charge on any atom is 0.368 e. The number of nitrogens with zero attached hydrogens (tertiary/aromatic N) is 1. The number of benzene rings is 2. The van der Waals surface area contributed by atoms with E-state index in [1.165, 1.54) is 17.8 Å². The fraction of sp³-hybridized carbons (Fsp3) is 0.400. The largest absolute Gasteiger partial charge is 0.476 e. The quantitative estimate of drug-likeness (QED) is 0.259. The minimum Gasteiger partial charge on any atom is -0.476 e. The number of carbonyl (C=O) groups is 1. The first-order valence-electron chi connectivity index (χ1n) is 11.1. The highest BCUT2D eigenvalue weighted by Crippen LogP contribution is 2.48. The molecule has 1 heterocycles. The van der Waals surface area contributed by atoms with Gasteiger partial charge in [-0.3, -0.25) is 0 Å². The molecule has 0 saturated heterocycles. The maximum atomic E-state index is 14.0. The lowest BCUT2D eigenvalue weighted by atomic mass is 9.89. The van der Waals surface area contributed by atoms with Crippen LogP contribution in [-0.2, 0) is 14.6 Å². The summed E-state index contributed by atoms with van der Waals surface area (Å²) in [7, 11) is -3.84. The van der Waals surface area contributed by atoms with Gasteiger partial charge in [-0.2, -0.15) is 4.39 Å². The summed E-state index contributed by atoms with van der Waals surface area (Å²) in [5.74, 6) is -3.29. The molecule has 1 atom stereocenters. The summed E-state index contributed by atoms with van der Waals surface area (Å²) >= 11 is 1.30. The first-order valence-corrected chi connectivity index (χ1v) is 13.8. The number of rotatable bonds is 8. The van der Waals surface area contributed by atoms with Crippen LogP contribution < -0.4 is 9.64 Å². The predicted molar refractivity (Wildman–Crippen MR) is 133 cm³/mol. The van der Waals surface area contributed by atoms with Crippen molar-refractivity contribution in [2.45, 2.75) is 54.6 Å². The molecule has 9 heteroatoms. The molecule has 0 radical (unpaired) electrons. The fourth-order valence-corrected chi connectivity index (χ4v) is 6.60. The second kappa shape index (κ2) is 10.4. The number of carboxylic acids is 1. The van der Waals surface area contributed by atoms with Crippen LogP contribution in [-0.4, -0.2) is 37.0 Å². The Kier molecular flexibility index (Phi) is 7.98. The average molecular weight is 508 g/mol. The maximum absolute atomic E-state index is 14.0. The van der Waals surface area contributed by atoms with E-state index < -0.39 is 26.4 Å². The van der Waals surface area contributed by atoms with Gasteiger partial charge < -0.3 is 14.7 Å². The van der Waals surface area contributed by atoms with Crippen molar-refractivity contribution >= 4 is 38.9 Å². The number of ether oxygens (including phenoxy) is 1. The summed E-state index contributed by atoms with van der Waals surface area (Å²) in [6.07, 6.45) is 4.90. The normalized spacial score (nSPS) is 19.3. The zero-order valence-corrected chi connectivity index (χ0v) is 21.4. The molecule has 34 heavy (non-hydrogen) atoms. The van der Waals surface area contributed by atoms with Crippen molar-refractivity contribution in [1.29, 1.82) is 0 Å². The molecule has 1 unspecified atom stereocenters. The monoisotopic (exact) mass is 507 g/mol. The van der Waals surface area contributed by atoms with Crippen molar-refractivity contribution in [2.75, 3.05) is 17.7 Å². The van der Waals surface area contributed by atoms with E-state index in [9.17, 15) is 17.6 Å². The van der Waals surface area contributed by atoms with Gasteiger partial charge in [0.2, 0.25) is 5.83 Å². The van der Waals surface area contributed by atoms with Crippen molar-refractivity contribution < 1.29 is 27.4 Å². The van der Waals surface area contributed by atoms with Crippen molar-refractivity contribution in [1.82, 2.24) is 0 Å². The second-order valence-corrected chi connectivity index (χ2v) is 12.1. The molecule has 2 aromatic rings. The van der Waals surface area contributed by atoms with Gasteiger partial charge in [0, 0.05) is 18.3 Å². The van der Waals surface area contributed by atoms with Crippen LogP contribution in [0.5, 0.6) is 5.75 Å². The van der Waals surface area contributed by atoms with Gasteiger partial charge in [-0.05, 0) is 50.6 Å². The molecule has 0 saturated carbocycles. The molecular weight excluding hydrogens is 477 g/mol. The van der Waals surface area contributed by atoms with Crippen LogP contribution in [0.3, 0.4) is 0 Å². The van der Waals surface area contributed by atoms with Crippen molar-refractivity contribution in [2.24, 2.45) is 5.92 Å². The molecule has 1 aliphatic heterocycles. The van der Waals surface area contributed by atoms with Crippen LogP contribution in [0.25, 0.3) is 0 Å². The predicted octanol–water partition coefficient (Wildman–Crippen LogP) is 6.19. The van der Waals surface area contributed by atoms with E-state index in [1.807, 2.05) is 35.2 Å². The average Bonchev–Trinajstić information content (AvgIpc) is 2.87. The zero-order chi connectivity index (χ0) is 25.1. The Hall–Kier alpha value is -2.52. The molecule has 0 amide bonds. The van der Waals surface area contributed by atoms with Gasteiger partial charge in [0.1, 0.15) is 12.0 Å². The minimum atomic E-state index is -3.84. The first-order chi connectivity index (χ1) is 16.0. The summed E-state index contributed by atoms with van der Waals surface area (Å²) in [5.41, 5.74) is 1.40. The number of unbranched alkanes of at least 4 members (excludes halogenated alkanes) is 1. The Bertz CT molecular complexity index is 1180. The zero-order valence-electron chi connectivity index (χ0n) is 19.7. The number of anilines is 2. The smallest absolute Gasteiger partial charge is 0.368 e. The molecule has 0 fully saturated rings. The van der Waals surface area contributed by atoms with Crippen LogP contribution in [0, 0.1) is 5.92 Å². The summed E-state index contributed by atoms with van der Waals surface area (Å²) < 4.78 is 45.9. The van der Waals surface area contributed by atoms with E-state index in [4.69, 9.17) is 9.84 Å². The molecule has 3 rings (SSSR count). The van der Waals surface area contributed by atoms with E-state index in [-0.39, 0.29) is 16.6 Å². The standard InChI is InChI=1S/C25H30FNO5S2/c1-5-6-10-17-15-27(18-11-8-7-9-12-18)20-13-22(33-4)21(32-16-19(26)24(28)29)14-23(20)34(30,31)25(17,2)3/h7-9,11-14,16-17H,5-6,10,15H2,1-4H3,(H,28,29)/b19-16-. The number of para-hydroxylation sites is 1. The van der Waals surface area contributed by atoms with Crippen LogP contribution in [0.1, 0.15) is 40.0 Å². The summed E-state index contributed by atoms with van der Waals surface area (Å²) in [4.78, 5) is 13.5. The molecule has 184 valence electrons. The van der Waals surface area contributed by atoms with E-state index in [0.29, 0.717) is 23.4 Å². The Morgan fingerprint density at radius 3 is 2.56 bits per heavy atom. The molecule has 0 aromatic heterocycles. The second-order valence-electron chi connectivity index (χ2n) is 8.75. The number of carboxylic acid groups (broad SMARTS) is 1. The highest BCUT2D eigenvalue weighted by Gasteiger charge is 2.47. The van der Waals surface area contributed by atoms with Crippen LogP contribution in [0.15, 0.2) is 64.3 Å². The third kappa shape index (κ3) is 4.95. The molecule has 6 nitrogen and oxygen atoms in total. The number of thioether (sulfide) groups is 1. The number of fused-ring (bicyclic) bond motifs is 1. The van der Waals surface area contributed by atoms with E-state index in [1.54, 1.807) is 26.2 Å². The van der Waals surface area contributed by atoms with E-state index >= 15 is 0 Å². The highest BCUT2D eigenvalue weighted by molar-refractivity contribution is 7.98. The number of hydrogen-bond acceptors (Lipinski definition) is 6. The van der Waals surface area contributed by atoms with Gasteiger partial charge in [-0.1, -0.05) is 38.0 Å². The summed E-state index contributed by atoms with van der Waals surface area (Å²) in [5, 5.41) is 8.80. The van der Waals surface area contributed by atoms with Crippen LogP contribution >= 0.6 is 11.8 Å². The van der Waals surface area contributed by atoms with E-state index in [0.717, 1.165) is 24.9 Å². The molecule has 2 aromatic carbocycles. The molecule has 1 N–H and O–H groups in total. The molecular formula is C25H30FNO5S2. The molecule has 0 spiro atoms. The molecule has 0 bridgehead atoms. The van der Waals surface area contributed by atoms with Gasteiger partial charge in [-0.15, -0.1) is 11.8 Å². The third-order valence-corrected chi connectivity index (χ3v) is 9.76. The van der Waals surface area contributed by atoms with Crippen LogP contribution in [0.4, 0.5) is 15.8 Å². The Morgan fingerprint density at radius 2 is 1.97 bits per heavy atom.